The van der Waals surface area contributed by atoms with Crippen molar-refractivity contribution in [1.29, 1.82) is 0 Å². The average molecular weight is 544 g/mol. The van der Waals surface area contributed by atoms with E-state index in [0.717, 1.165) is 17.7 Å². The molecule has 3 aromatic carbocycles. The molecule has 1 aliphatic carbocycles. The summed E-state index contributed by atoms with van der Waals surface area (Å²) in [7, 11) is -5.91. The summed E-state index contributed by atoms with van der Waals surface area (Å²) in [5, 5.41) is 9.86. The summed E-state index contributed by atoms with van der Waals surface area (Å²) in [6, 6.07) is 13.6. The van der Waals surface area contributed by atoms with Gasteiger partial charge in [0.15, 0.2) is 17.3 Å². The molecule has 190 valence electrons. The molecule has 9 nitrogen and oxygen atoms in total. The van der Waals surface area contributed by atoms with E-state index in [-0.39, 0.29) is 11.4 Å². The number of aromatic nitrogens is 2. The number of nitrogens with one attached hydrogen (secondary N) is 1. The van der Waals surface area contributed by atoms with Crippen LogP contribution in [0.4, 0.5) is 14.5 Å². The number of aryl methyl sites for hydroxylation is 1. The van der Waals surface area contributed by atoms with Gasteiger partial charge in [-0.25, -0.2) is 31.2 Å². The molecular formula is C24H19F2N5O4S2. The topological polar surface area (TPSA) is 150 Å². The monoisotopic (exact) mass is 543 g/mol. The SMILES string of the molecule is NC(=O)c1nn(-c2ccc(S(N)=O)cc2)c2c1CCc1ccc(NS(=O)(=O)c3ccc(F)c(F)c3)cc1-2. The molecular weight excluding hydrogens is 524 g/mol. The first-order valence-corrected chi connectivity index (χ1v) is 13.5. The van der Waals surface area contributed by atoms with Crippen molar-refractivity contribution in [1.82, 2.24) is 9.78 Å². The predicted octanol–water partition coefficient (Wildman–Crippen LogP) is 2.80. The zero-order chi connectivity index (χ0) is 26.5. The maximum Gasteiger partial charge on any atom is 0.269 e. The summed E-state index contributed by atoms with van der Waals surface area (Å²) in [5.41, 5.74) is 9.02. The molecule has 1 amide bonds. The van der Waals surface area contributed by atoms with Crippen LogP contribution in [0.3, 0.4) is 0 Å². The molecule has 5 rings (SSSR count). The lowest BCUT2D eigenvalue weighted by Gasteiger charge is -2.20. The van der Waals surface area contributed by atoms with Gasteiger partial charge in [0.1, 0.15) is 11.0 Å². The average Bonchev–Trinajstić information content (AvgIpc) is 3.26. The number of anilines is 1. The van der Waals surface area contributed by atoms with Crippen molar-refractivity contribution < 1.29 is 26.2 Å². The first kappa shape index (κ1) is 24.7. The molecule has 1 unspecified atom stereocenters. The van der Waals surface area contributed by atoms with E-state index in [9.17, 15) is 26.2 Å². The minimum Gasteiger partial charge on any atom is -0.364 e. The molecule has 0 saturated heterocycles. The van der Waals surface area contributed by atoms with Gasteiger partial charge in [-0.3, -0.25) is 9.52 Å². The van der Waals surface area contributed by atoms with E-state index < -0.39 is 43.4 Å². The highest BCUT2D eigenvalue weighted by molar-refractivity contribution is 7.92. The Hall–Kier alpha value is -3.94. The summed E-state index contributed by atoms with van der Waals surface area (Å²) < 4.78 is 68.1. The maximum atomic E-state index is 13.6. The van der Waals surface area contributed by atoms with Crippen molar-refractivity contribution in [3.05, 3.63) is 89.1 Å². The van der Waals surface area contributed by atoms with Crippen LogP contribution in [0.5, 0.6) is 0 Å². The summed E-state index contributed by atoms with van der Waals surface area (Å²) >= 11 is 0. The third kappa shape index (κ3) is 4.52. The van der Waals surface area contributed by atoms with Gasteiger partial charge in [-0.15, -0.1) is 0 Å². The Kier molecular flexibility index (Phi) is 6.14. The van der Waals surface area contributed by atoms with Crippen LogP contribution in [-0.2, 0) is 33.9 Å². The molecule has 0 saturated carbocycles. The first-order chi connectivity index (χ1) is 17.5. The largest absolute Gasteiger partial charge is 0.364 e. The predicted molar refractivity (Wildman–Crippen MR) is 133 cm³/mol. The highest BCUT2D eigenvalue weighted by Crippen LogP contribution is 2.38. The summed E-state index contributed by atoms with van der Waals surface area (Å²) in [5.74, 6) is -3.16. The van der Waals surface area contributed by atoms with Crippen LogP contribution in [0.2, 0.25) is 0 Å². The lowest BCUT2D eigenvalue weighted by molar-refractivity contribution is 0.0994. The number of rotatable bonds is 6. The number of benzene rings is 3. The van der Waals surface area contributed by atoms with Crippen LogP contribution in [0.1, 0.15) is 21.6 Å². The van der Waals surface area contributed by atoms with E-state index >= 15 is 0 Å². The molecule has 0 spiro atoms. The Morgan fingerprint density at radius 2 is 1.73 bits per heavy atom. The van der Waals surface area contributed by atoms with Crippen molar-refractivity contribution in [2.45, 2.75) is 22.6 Å². The Labute approximate surface area is 212 Å². The highest BCUT2D eigenvalue weighted by Gasteiger charge is 2.29. The second kappa shape index (κ2) is 9.18. The van der Waals surface area contributed by atoms with E-state index in [1.54, 1.807) is 42.5 Å². The normalized spacial score (nSPS) is 13.5. The van der Waals surface area contributed by atoms with Gasteiger partial charge in [0.2, 0.25) is 0 Å². The third-order valence-corrected chi connectivity index (χ3v) is 8.11. The minimum atomic E-state index is -4.23. The van der Waals surface area contributed by atoms with Gasteiger partial charge in [0.25, 0.3) is 15.9 Å². The number of primary amides is 1. The lowest BCUT2D eigenvalue weighted by atomic mass is 9.88. The number of nitrogens with zero attached hydrogens (tertiary/aromatic N) is 2. The minimum absolute atomic E-state index is 0.0832. The van der Waals surface area contributed by atoms with E-state index in [2.05, 4.69) is 9.82 Å². The summed E-state index contributed by atoms with van der Waals surface area (Å²) in [6.07, 6.45) is 1.03. The molecule has 0 aliphatic heterocycles. The fraction of sp³-hybridized carbons (Fsp3) is 0.0833. The molecule has 1 atom stereocenters. The van der Waals surface area contributed by atoms with Gasteiger partial charge >= 0.3 is 0 Å². The van der Waals surface area contributed by atoms with Gasteiger partial charge in [0, 0.05) is 16.8 Å². The quantitative estimate of drug-likeness (QED) is 0.342. The molecule has 1 aromatic heterocycles. The maximum absolute atomic E-state index is 13.6. The molecule has 1 aliphatic rings. The number of carbonyl (C=O) groups excluding carboxylic acids is 1. The number of fused-ring (bicyclic) bond motifs is 3. The van der Waals surface area contributed by atoms with Crippen LogP contribution in [0.15, 0.2) is 70.5 Å². The van der Waals surface area contributed by atoms with Gasteiger partial charge in [-0.05, 0) is 73.0 Å². The van der Waals surface area contributed by atoms with Crippen LogP contribution in [-0.4, -0.2) is 28.3 Å². The van der Waals surface area contributed by atoms with Crippen molar-refractivity contribution in [2.24, 2.45) is 10.9 Å². The van der Waals surface area contributed by atoms with Crippen LogP contribution in [0, 0.1) is 11.6 Å². The molecule has 0 fully saturated rings. The van der Waals surface area contributed by atoms with Crippen LogP contribution in [0.25, 0.3) is 16.9 Å². The molecule has 37 heavy (non-hydrogen) atoms. The smallest absolute Gasteiger partial charge is 0.269 e. The van der Waals surface area contributed by atoms with Gasteiger partial charge in [0.05, 0.1) is 21.2 Å². The molecule has 5 N–H and O–H groups in total. The van der Waals surface area contributed by atoms with Crippen molar-refractivity contribution in [3.63, 3.8) is 0 Å². The van der Waals surface area contributed by atoms with E-state index in [1.165, 1.54) is 4.68 Å². The van der Waals surface area contributed by atoms with Gasteiger partial charge < -0.3 is 5.73 Å². The second-order valence-corrected chi connectivity index (χ2v) is 11.0. The standard InChI is InChI=1S/C24H19F2N5O4S2/c25-20-10-8-17(12-21(20)26)37(34,35)30-14-3-1-13-2-9-18-22(24(27)32)29-31(23(18)19(13)11-14)15-4-6-16(7-5-15)36(28)33/h1,3-8,10-12,30H,2,9,28H2,(H2,27,32). The van der Waals surface area contributed by atoms with Crippen LogP contribution >= 0.6 is 0 Å². The van der Waals surface area contributed by atoms with Crippen LogP contribution < -0.4 is 15.6 Å². The Morgan fingerprint density at radius 3 is 2.38 bits per heavy atom. The second-order valence-electron chi connectivity index (χ2n) is 8.30. The molecule has 1 heterocycles. The lowest BCUT2D eigenvalue weighted by Crippen LogP contribution is -2.16. The van der Waals surface area contributed by atoms with E-state index in [4.69, 9.17) is 10.9 Å². The number of hydrogen-bond donors (Lipinski definition) is 3. The number of amides is 1. The van der Waals surface area contributed by atoms with E-state index in [0.29, 0.717) is 46.3 Å². The van der Waals surface area contributed by atoms with Gasteiger partial charge in [-0.1, -0.05) is 6.07 Å². The molecule has 0 radical (unpaired) electrons. The van der Waals surface area contributed by atoms with Crippen molar-refractivity contribution in [3.8, 4) is 16.9 Å². The number of hydrogen-bond acceptors (Lipinski definition) is 5. The zero-order valence-electron chi connectivity index (χ0n) is 18.9. The summed E-state index contributed by atoms with van der Waals surface area (Å²) in [6.45, 7) is 0. The fourth-order valence-corrected chi connectivity index (χ4v) is 5.73. The Balaban J connectivity index is 1.61. The Bertz CT molecular complexity index is 1700. The van der Waals surface area contributed by atoms with Gasteiger partial charge in [-0.2, -0.15) is 5.10 Å². The summed E-state index contributed by atoms with van der Waals surface area (Å²) in [4.78, 5) is 12.1. The first-order valence-electron chi connectivity index (χ1n) is 10.8. The molecule has 4 aromatic rings. The Morgan fingerprint density at radius 1 is 1.00 bits per heavy atom. The van der Waals surface area contributed by atoms with Crippen molar-refractivity contribution >= 4 is 32.6 Å². The number of nitrogens with two attached hydrogens (primary N) is 2. The zero-order valence-corrected chi connectivity index (χ0v) is 20.6. The van der Waals surface area contributed by atoms with E-state index in [1.807, 2.05) is 0 Å². The van der Waals surface area contributed by atoms with Crippen molar-refractivity contribution in [2.75, 3.05) is 4.72 Å². The molecule has 13 heteroatoms. The third-order valence-electron chi connectivity index (χ3n) is 5.99. The number of carbonyl (C=O) groups is 1. The molecule has 0 bridgehead atoms. The number of sulfonamides is 1. The number of halogens is 2. The highest BCUT2D eigenvalue weighted by atomic mass is 32.2. The fourth-order valence-electron chi connectivity index (χ4n) is 4.27.